The lowest BCUT2D eigenvalue weighted by molar-refractivity contribution is -0.139. The number of aliphatic hydroxyl groups excluding tert-OH is 1. The van der Waals surface area contributed by atoms with Crippen molar-refractivity contribution in [3.8, 4) is 0 Å². The summed E-state index contributed by atoms with van der Waals surface area (Å²) in [7, 11) is 0. The Balaban J connectivity index is 1.70. The zero-order valence-corrected chi connectivity index (χ0v) is 15.8. The van der Waals surface area contributed by atoms with Gasteiger partial charge in [-0.2, -0.15) is 0 Å². The molecule has 2 heterocycles. The van der Waals surface area contributed by atoms with E-state index in [0.29, 0.717) is 25.1 Å². The maximum absolute atomic E-state index is 12.9. The van der Waals surface area contributed by atoms with Crippen LogP contribution in [0.1, 0.15) is 23.6 Å². The van der Waals surface area contributed by atoms with Crippen molar-refractivity contribution in [1.29, 1.82) is 0 Å². The summed E-state index contributed by atoms with van der Waals surface area (Å²) < 4.78 is 1.93. The quantitative estimate of drug-likeness (QED) is 0.400. The zero-order chi connectivity index (χ0) is 20.2. The van der Waals surface area contributed by atoms with Crippen LogP contribution >= 0.6 is 0 Å². The second-order valence-corrected chi connectivity index (χ2v) is 6.92. The van der Waals surface area contributed by atoms with Crippen molar-refractivity contribution in [1.82, 2.24) is 14.5 Å². The summed E-state index contributed by atoms with van der Waals surface area (Å²) in [5.41, 5.74) is 1.45. The first-order valence-corrected chi connectivity index (χ1v) is 9.51. The predicted octanol–water partition coefficient (Wildman–Crippen LogP) is 3.40. The Kier molecular flexibility index (Phi) is 5.24. The van der Waals surface area contributed by atoms with E-state index >= 15 is 0 Å². The van der Waals surface area contributed by atoms with E-state index in [1.54, 1.807) is 41.7 Å². The predicted molar refractivity (Wildman–Crippen MR) is 109 cm³/mol. The maximum atomic E-state index is 12.9. The van der Waals surface area contributed by atoms with Crippen LogP contribution < -0.4 is 0 Å². The van der Waals surface area contributed by atoms with Gasteiger partial charge in [0.15, 0.2) is 0 Å². The van der Waals surface area contributed by atoms with E-state index in [4.69, 9.17) is 0 Å². The van der Waals surface area contributed by atoms with Crippen LogP contribution in [0.25, 0.3) is 5.76 Å². The van der Waals surface area contributed by atoms with Crippen LogP contribution in [-0.2, 0) is 16.1 Å². The van der Waals surface area contributed by atoms with Crippen LogP contribution in [0.2, 0.25) is 0 Å². The second kappa shape index (κ2) is 8.14. The van der Waals surface area contributed by atoms with E-state index in [2.05, 4.69) is 4.98 Å². The van der Waals surface area contributed by atoms with Crippen LogP contribution in [-0.4, -0.2) is 37.8 Å². The number of aryl methyl sites for hydroxylation is 1. The molecule has 0 saturated carbocycles. The Morgan fingerprint density at radius 3 is 2.31 bits per heavy atom. The lowest BCUT2D eigenvalue weighted by Gasteiger charge is -2.25. The third kappa shape index (κ3) is 3.69. The summed E-state index contributed by atoms with van der Waals surface area (Å²) >= 11 is 0. The molecule has 4 rings (SSSR count). The monoisotopic (exact) mass is 387 g/mol. The van der Waals surface area contributed by atoms with E-state index in [-0.39, 0.29) is 11.3 Å². The number of rotatable bonds is 6. The molecule has 2 aromatic carbocycles. The molecule has 0 bridgehead atoms. The molecule has 3 aromatic rings. The summed E-state index contributed by atoms with van der Waals surface area (Å²) in [6.45, 7) is 1.08. The van der Waals surface area contributed by atoms with Crippen molar-refractivity contribution < 1.29 is 14.7 Å². The largest absolute Gasteiger partial charge is 0.507 e. The second-order valence-electron chi connectivity index (χ2n) is 6.92. The van der Waals surface area contributed by atoms with Crippen molar-refractivity contribution in [2.24, 2.45) is 0 Å². The van der Waals surface area contributed by atoms with Gasteiger partial charge < -0.3 is 14.6 Å². The van der Waals surface area contributed by atoms with Gasteiger partial charge in [-0.25, -0.2) is 4.98 Å². The van der Waals surface area contributed by atoms with Gasteiger partial charge in [0.2, 0.25) is 0 Å². The molecule has 1 amide bonds. The van der Waals surface area contributed by atoms with E-state index in [1.807, 2.05) is 47.2 Å². The molecule has 0 aliphatic carbocycles. The molecule has 1 atom stereocenters. The summed E-state index contributed by atoms with van der Waals surface area (Å²) in [6.07, 6.45) is 5.95. The summed E-state index contributed by atoms with van der Waals surface area (Å²) in [5.74, 6) is -1.38. The van der Waals surface area contributed by atoms with E-state index < -0.39 is 17.7 Å². The van der Waals surface area contributed by atoms with Crippen LogP contribution in [0.4, 0.5) is 0 Å². The number of ketones is 1. The topological polar surface area (TPSA) is 75.4 Å². The molecule has 146 valence electrons. The summed E-state index contributed by atoms with van der Waals surface area (Å²) in [6, 6.07) is 17.6. The first-order valence-electron chi connectivity index (χ1n) is 9.51. The van der Waals surface area contributed by atoms with Crippen molar-refractivity contribution >= 4 is 17.4 Å². The molecule has 0 spiro atoms. The molecule has 1 fully saturated rings. The summed E-state index contributed by atoms with van der Waals surface area (Å²) in [5, 5.41) is 10.9. The van der Waals surface area contributed by atoms with Gasteiger partial charge in [0.05, 0.1) is 17.9 Å². The number of carbonyl (C=O) groups excluding carboxylic acids is 2. The highest BCUT2D eigenvalue weighted by molar-refractivity contribution is 6.46. The normalized spacial score (nSPS) is 18.3. The minimum absolute atomic E-state index is 0.134. The number of hydrogen-bond acceptors (Lipinski definition) is 4. The van der Waals surface area contributed by atoms with E-state index in [1.165, 1.54) is 0 Å². The van der Waals surface area contributed by atoms with Crippen molar-refractivity contribution in [3.63, 3.8) is 0 Å². The first-order chi connectivity index (χ1) is 14.2. The number of likely N-dealkylation sites (tertiary alicyclic amines) is 1. The minimum Gasteiger partial charge on any atom is -0.507 e. The fourth-order valence-corrected chi connectivity index (χ4v) is 3.69. The van der Waals surface area contributed by atoms with Crippen LogP contribution in [0.5, 0.6) is 0 Å². The number of Topliss-reactive ketones (excluding diaryl/α,β-unsaturated/α-hetero) is 1. The Morgan fingerprint density at radius 1 is 0.966 bits per heavy atom. The number of carbonyl (C=O) groups is 2. The highest BCUT2D eigenvalue weighted by Gasteiger charge is 2.45. The smallest absolute Gasteiger partial charge is 0.295 e. The van der Waals surface area contributed by atoms with Crippen molar-refractivity contribution in [2.75, 3.05) is 6.54 Å². The molecular weight excluding hydrogens is 366 g/mol. The number of aromatic nitrogens is 2. The number of nitrogens with zero attached hydrogens (tertiary/aromatic N) is 3. The molecule has 1 saturated heterocycles. The molecule has 29 heavy (non-hydrogen) atoms. The number of benzene rings is 2. The van der Waals surface area contributed by atoms with Gasteiger partial charge in [0.1, 0.15) is 5.76 Å². The van der Waals surface area contributed by atoms with Gasteiger partial charge in [0.25, 0.3) is 11.7 Å². The SMILES string of the molecule is O=C1C(=O)N(CCCn2ccnc2)[C@H](c2ccccc2)/C1=C(\O)c1ccccc1. The van der Waals surface area contributed by atoms with Crippen LogP contribution in [0.15, 0.2) is 85.0 Å². The van der Waals surface area contributed by atoms with E-state index in [9.17, 15) is 14.7 Å². The standard InChI is InChI=1S/C23H21N3O3/c27-21(18-10-5-2-6-11-18)19-20(17-8-3-1-4-9-17)26(23(29)22(19)28)14-7-13-25-15-12-24-16-25/h1-6,8-12,15-16,20,27H,7,13-14H2/b21-19+/t20-/m1/s1. The Hall–Kier alpha value is -3.67. The lowest BCUT2D eigenvalue weighted by atomic mass is 9.95. The Bertz CT molecular complexity index is 1030. The number of imidazole rings is 1. The third-order valence-corrected chi connectivity index (χ3v) is 5.08. The highest BCUT2D eigenvalue weighted by Crippen LogP contribution is 2.39. The van der Waals surface area contributed by atoms with Gasteiger partial charge in [0, 0.05) is 31.0 Å². The highest BCUT2D eigenvalue weighted by atomic mass is 16.3. The number of aliphatic hydroxyl groups is 1. The van der Waals surface area contributed by atoms with Crippen LogP contribution in [0.3, 0.4) is 0 Å². The van der Waals surface area contributed by atoms with Crippen molar-refractivity contribution in [3.05, 3.63) is 96.1 Å². The molecule has 1 N–H and O–H groups in total. The van der Waals surface area contributed by atoms with Gasteiger partial charge in [-0.1, -0.05) is 60.7 Å². The first kappa shape index (κ1) is 18.7. The fourth-order valence-electron chi connectivity index (χ4n) is 3.69. The van der Waals surface area contributed by atoms with Gasteiger partial charge in [-0.3, -0.25) is 9.59 Å². The van der Waals surface area contributed by atoms with Gasteiger partial charge >= 0.3 is 0 Å². The van der Waals surface area contributed by atoms with E-state index in [0.717, 1.165) is 5.56 Å². The average Bonchev–Trinajstić information content (AvgIpc) is 3.37. The van der Waals surface area contributed by atoms with Crippen LogP contribution in [0, 0.1) is 0 Å². The number of hydrogen-bond donors (Lipinski definition) is 1. The Morgan fingerprint density at radius 2 is 1.66 bits per heavy atom. The van der Waals surface area contributed by atoms with Gasteiger partial charge in [-0.15, -0.1) is 0 Å². The zero-order valence-electron chi connectivity index (χ0n) is 15.8. The molecule has 1 aliphatic rings. The minimum atomic E-state index is -0.650. The molecule has 0 unspecified atom stereocenters. The molecule has 0 radical (unpaired) electrons. The summed E-state index contributed by atoms with van der Waals surface area (Å²) in [4.78, 5) is 31.3. The van der Waals surface area contributed by atoms with Crippen molar-refractivity contribution in [2.45, 2.75) is 19.0 Å². The molecule has 1 aliphatic heterocycles. The maximum Gasteiger partial charge on any atom is 0.295 e. The lowest BCUT2D eigenvalue weighted by Crippen LogP contribution is -2.31. The molecule has 6 nitrogen and oxygen atoms in total. The Labute approximate surface area is 168 Å². The third-order valence-electron chi connectivity index (χ3n) is 5.08. The van der Waals surface area contributed by atoms with Gasteiger partial charge in [-0.05, 0) is 12.0 Å². The fraction of sp³-hybridized carbons (Fsp3) is 0.174. The average molecular weight is 387 g/mol. The molecule has 1 aromatic heterocycles. The molecular formula is C23H21N3O3. The number of amides is 1. The molecule has 6 heteroatoms.